The largest absolute Gasteiger partial charge is 0.308 e. The van der Waals surface area contributed by atoms with Crippen LogP contribution in [-0.4, -0.2) is 49.2 Å². The molecule has 8 heteroatoms. The molecule has 0 aliphatic heterocycles. The molecule has 0 atom stereocenters. The van der Waals surface area contributed by atoms with Crippen molar-refractivity contribution in [3.63, 3.8) is 0 Å². The Morgan fingerprint density at radius 1 is 1.15 bits per heavy atom. The second kappa shape index (κ2) is 9.75. The molecule has 0 fully saturated rings. The molecule has 0 saturated heterocycles. The number of nitrogens with zero attached hydrogens (tertiary/aromatic N) is 3. The van der Waals surface area contributed by atoms with E-state index in [9.17, 15) is 4.79 Å². The average molecular weight is 442 g/mol. The number of benzene rings is 2. The summed E-state index contributed by atoms with van der Waals surface area (Å²) in [7, 11) is 3.99. The highest BCUT2D eigenvalue weighted by molar-refractivity contribution is 7.98. The van der Waals surface area contributed by atoms with Crippen molar-refractivity contribution in [1.29, 1.82) is 0 Å². The number of anilines is 1. The fraction of sp³-hybridized carbons (Fsp3) is 0.263. The summed E-state index contributed by atoms with van der Waals surface area (Å²) < 4.78 is 0.980. The van der Waals surface area contributed by atoms with Gasteiger partial charge in [-0.15, -0.1) is 24.2 Å². The maximum Gasteiger partial charge on any atom is 0.260 e. The molecule has 0 spiro atoms. The van der Waals surface area contributed by atoms with Crippen LogP contribution in [0.25, 0.3) is 10.2 Å². The zero-order valence-electron chi connectivity index (χ0n) is 15.3. The predicted octanol–water partition coefficient (Wildman–Crippen LogP) is 5.30. The van der Waals surface area contributed by atoms with Gasteiger partial charge >= 0.3 is 0 Å². The molecule has 0 bridgehead atoms. The van der Waals surface area contributed by atoms with E-state index in [1.165, 1.54) is 11.3 Å². The van der Waals surface area contributed by atoms with E-state index in [-0.39, 0.29) is 18.3 Å². The summed E-state index contributed by atoms with van der Waals surface area (Å²) in [4.78, 5) is 22.7. The molecule has 4 nitrogen and oxygen atoms in total. The quantitative estimate of drug-likeness (QED) is 0.486. The minimum Gasteiger partial charge on any atom is -0.308 e. The molecule has 0 radical (unpaired) electrons. The minimum atomic E-state index is -0.0374. The Morgan fingerprint density at radius 2 is 1.85 bits per heavy atom. The molecule has 3 rings (SSSR count). The van der Waals surface area contributed by atoms with Crippen LogP contribution in [-0.2, 0) is 0 Å². The highest BCUT2D eigenvalue weighted by Crippen LogP contribution is 2.31. The van der Waals surface area contributed by atoms with Crippen molar-refractivity contribution in [2.45, 2.75) is 4.90 Å². The smallest absolute Gasteiger partial charge is 0.260 e. The Balaban J connectivity index is 0.00000261. The van der Waals surface area contributed by atoms with Gasteiger partial charge in [-0.3, -0.25) is 9.69 Å². The van der Waals surface area contributed by atoms with Gasteiger partial charge in [0.15, 0.2) is 5.13 Å². The minimum absolute atomic E-state index is 0. The van der Waals surface area contributed by atoms with E-state index in [0.29, 0.717) is 22.3 Å². The molecule has 0 aliphatic carbocycles. The normalized spacial score (nSPS) is 10.9. The van der Waals surface area contributed by atoms with Crippen LogP contribution < -0.4 is 4.90 Å². The van der Waals surface area contributed by atoms with Gasteiger partial charge in [0.25, 0.3) is 5.91 Å². The van der Waals surface area contributed by atoms with Crippen LogP contribution in [0.5, 0.6) is 0 Å². The van der Waals surface area contributed by atoms with Crippen molar-refractivity contribution in [3.05, 3.63) is 53.1 Å². The fourth-order valence-corrected chi connectivity index (χ4v) is 4.15. The Bertz CT molecular complexity index is 913. The number of aromatic nitrogens is 1. The standard InChI is InChI=1S/C19H20ClN3OS2.ClH/c1-22(2)10-11-23(18(24)13-4-7-15(25-3)8-5-13)19-21-16-9-6-14(20)12-17(16)26-19;/h4-9,12H,10-11H2,1-3H3;1H. The molecule has 0 aliphatic rings. The SMILES string of the molecule is CSc1ccc(C(=O)N(CCN(C)C)c2nc3ccc(Cl)cc3s2)cc1.Cl. The third kappa shape index (κ3) is 5.36. The number of amides is 1. The molecule has 1 heterocycles. The third-order valence-electron chi connectivity index (χ3n) is 3.92. The Kier molecular flexibility index (Phi) is 7.94. The van der Waals surface area contributed by atoms with Crippen LogP contribution in [0.2, 0.25) is 5.02 Å². The lowest BCUT2D eigenvalue weighted by Crippen LogP contribution is -2.36. The number of rotatable bonds is 6. The molecule has 0 N–H and O–H groups in total. The first-order valence-electron chi connectivity index (χ1n) is 8.14. The Morgan fingerprint density at radius 3 is 2.48 bits per heavy atom. The van der Waals surface area contributed by atoms with Gasteiger partial charge < -0.3 is 4.90 Å². The maximum atomic E-state index is 13.1. The number of likely N-dealkylation sites (N-methyl/N-ethyl adjacent to an activating group) is 1. The zero-order chi connectivity index (χ0) is 18.7. The number of hydrogen-bond donors (Lipinski definition) is 0. The molecule has 0 unspecified atom stereocenters. The van der Waals surface area contributed by atoms with Gasteiger partial charge in [-0.2, -0.15) is 0 Å². The lowest BCUT2D eigenvalue weighted by atomic mass is 10.2. The second-order valence-electron chi connectivity index (χ2n) is 6.10. The van der Waals surface area contributed by atoms with Crippen LogP contribution in [0.4, 0.5) is 5.13 Å². The maximum absolute atomic E-state index is 13.1. The van der Waals surface area contributed by atoms with Crippen LogP contribution in [0.3, 0.4) is 0 Å². The molecular weight excluding hydrogens is 421 g/mol. The van der Waals surface area contributed by atoms with Gasteiger partial charge in [0.05, 0.1) is 10.2 Å². The van der Waals surface area contributed by atoms with Crippen molar-refractivity contribution >= 4 is 68.4 Å². The number of fused-ring (bicyclic) bond motifs is 1. The highest BCUT2D eigenvalue weighted by atomic mass is 35.5. The van der Waals surface area contributed by atoms with E-state index in [1.54, 1.807) is 16.7 Å². The number of carbonyl (C=O) groups is 1. The van der Waals surface area contributed by atoms with Gasteiger partial charge in [-0.1, -0.05) is 22.9 Å². The summed E-state index contributed by atoms with van der Waals surface area (Å²) in [5.74, 6) is -0.0374. The average Bonchev–Trinajstić information content (AvgIpc) is 3.04. The number of halogens is 2. The number of thiazole rings is 1. The molecule has 2 aromatic carbocycles. The summed E-state index contributed by atoms with van der Waals surface area (Å²) in [5.41, 5.74) is 1.52. The molecule has 144 valence electrons. The van der Waals surface area contributed by atoms with E-state index >= 15 is 0 Å². The Hall–Kier alpha value is -1.31. The molecular formula is C19H21Cl2N3OS2. The number of hydrogen-bond acceptors (Lipinski definition) is 5. The van der Waals surface area contributed by atoms with Crippen molar-refractivity contribution < 1.29 is 4.79 Å². The molecule has 0 saturated carbocycles. The topological polar surface area (TPSA) is 36.4 Å². The van der Waals surface area contributed by atoms with E-state index in [1.807, 2.05) is 62.8 Å². The number of thioether (sulfide) groups is 1. The first-order chi connectivity index (χ1) is 12.5. The third-order valence-corrected chi connectivity index (χ3v) is 5.94. The predicted molar refractivity (Wildman–Crippen MR) is 120 cm³/mol. The summed E-state index contributed by atoms with van der Waals surface area (Å²) >= 11 is 9.23. The monoisotopic (exact) mass is 441 g/mol. The zero-order valence-corrected chi connectivity index (χ0v) is 18.5. The molecule has 27 heavy (non-hydrogen) atoms. The molecule has 3 aromatic rings. The van der Waals surface area contributed by atoms with Gasteiger partial charge in [0, 0.05) is 28.6 Å². The lowest BCUT2D eigenvalue weighted by molar-refractivity contribution is 0.0985. The van der Waals surface area contributed by atoms with Gasteiger partial charge in [0.1, 0.15) is 0 Å². The van der Waals surface area contributed by atoms with Crippen LogP contribution in [0.15, 0.2) is 47.4 Å². The van der Waals surface area contributed by atoms with Crippen LogP contribution in [0.1, 0.15) is 10.4 Å². The van der Waals surface area contributed by atoms with Crippen molar-refractivity contribution in [2.75, 3.05) is 38.3 Å². The van der Waals surface area contributed by atoms with E-state index in [4.69, 9.17) is 11.6 Å². The lowest BCUT2D eigenvalue weighted by Gasteiger charge is -2.22. The van der Waals surface area contributed by atoms with Gasteiger partial charge in [-0.25, -0.2) is 4.98 Å². The highest BCUT2D eigenvalue weighted by Gasteiger charge is 2.21. The summed E-state index contributed by atoms with van der Waals surface area (Å²) in [6, 6.07) is 13.3. The van der Waals surface area contributed by atoms with Crippen molar-refractivity contribution in [3.8, 4) is 0 Å². The first kappa shape index (κ1) is 22.0. The molecule has 1 amide bonds. The van der Waals surface area contributed by atoms with Crippen molar-refractivity contribution in [1.82, 2.24) is 9.88 Å². The van der Waals surface area contributed by atoms with E-state index in [2.05, 4.69) is 9.88 Å². The van der Waals surface area contributed by atoms with Gasteiger partial charge in [-0.05, 0) is 62.8 Å². The summed E-state index contributed by atoms with van der Waals surface area (Å²) in [6.07, 6.45) is 2.02. The van der Waals surface area contributed by atoms with Gasteiger partial charge in [0.2, 0.25) is 0 Å². The van der Waals surface area contributed by atoms with E-state index < -0.39 is 0 Å². The first-order valence-corrected chi connectivity index (χ1v) is 10.6. The second-order valence-corrected chi connectivity index (χ2v) is 8.42. The van der Waals surface area contributed by atoms with E-state index in [0.717, 1.165) is 21.7 Å². The fourth-order valence-electron chi connectivity index (χ4n) is 2.48. The summed E-state index contributed by atoms with van der Waals surface area (Å²) in [5, 5.41) is 1.37. The van der Waals surface area contributed by atoms with Crippen molar-refractivity contribution in [2.24, 2.45) is 0 Å². The summed E-state index contributed by atoms with van der Waals surface area (Å²) in [6.45, 7) is 1.33. The number of carbonyl (C=O) groups excluding carboxylic acids is 1. The Labute approximate surface area is 178 Å². The molecule has 1 aromatic heterocycles. The van der Waals surface area contributed by atoms with Crippen LogP contribution >= 0.6 is 47.1 Å². The van der Waals surface area contributed by atoms with Crippen LogP contribution in [0, 0.1) is 0 Å².